The highest BCUT2D eigenvalue weighted by molar-refractivity contribution is 6.05. The smallest absolute Gasteiger partial charge is 0.269 e. The molecule has 5 aromatic rings. The number of nitrogens with one attached hydrogen (secondary N) is 2. The molecule has 0 saturated carbocycles. The van der Waals surface area contributed by atoms with E-state index in [0.717, 1.165) is 12.8 Å². The van der Waals surface area contributed by atoms with Gasteiger partial charge in [0.05, 0.1) is 22.8 Å². The standard InChI is InChI=1S/C48H51F4N9O4/c1-56(2)48(65)38-27-36-35(26-34(44(51)46(36)54-38)30-5-3-16-60(28-30)42(63)14-20-61-17-4-15-53-61)33-7-10-40(45(52)43(33)50)59-23-21-57(22-24-59)31-12-18-58(19-13-31)39-9-6-29(25-37(39)49)32-8-11-41(62)55-47(32)64/h4-7,9-10,15,17,25-27,31-32,54H,3,8,11-14,16,18-24,28H2,1-2H3,(H,55,62,64). The molecule has 3 saturated heterocycles. The number of aromatic amines is 1. The molecule has 13 nitrogen and oxygen atoms in total. The van der Waals surface area contributed by atoms with Crippen LogP contribution in [-0.2, 0) is 20.9 Å². The van der Waals surface area contributed by atoms with Crippen LogP contribution in [0.2, 0.25) is 0 Å². The first-order chi connectivity index (χ1) is 31.3. The second-order valence-corrected chi connectivity index (χ2v) is 17.5. The Hall–Kier alpha value is -6.49. The van der Waals surface area contributed by atoms with Gasteiger partial charge in [-0.05, 0) is 84.8 Å². The summed E-state index contributed by atoms with van der Waals surface area (Å²) < 4.78 is 66.6. The molecular weight excluding hydrogens is 843 g/mol. The van der Waals surface area contributed by atoms with E-state index in [2.05, 4.69) is 20.3 Å². The highest BCUT2D eigenvalue weighted by Crippen LogP contribution is 2.40. The molecule has 0 aliphatic carbocycles. The maximum absolute atomic E-state index is 16.6. The average molecular weight is 894 g/mol. The summed E-state index contributed by atoms with van der Waals surface area (Å²) in [5.74, 6) is -5.00. The molecule has 4 amide bonds. The van der Waals surface area contributed by atoms with Crippen LogP contribution in [0.5, 0.6) is 0 Å². The van der Waals surface area contributed by atoms with Crippen molar-refractivity contribution in [2.75, 3.05) is 76.3 Å². The molecule has 2 aromatic heterocycles. The lowest BCUT2D eigenvalue weighted by Crippen LogP contribution is -2.53. The first kappa shape index (κ1) is 43.7. The molecule has 6 heterocycles. The fourth-order valence-corrected chi connectivity index (χ4v) is 9.83. The van der Waals surface area contributed by atoms with Gasteiger partial charge in [0.15, 0.2) is 17.5 Å². The number of carbonyl (C=O) groups is 4. The van der Waals surface area contributed by atoms with Gasteiger partial charge in [0.25, 0.3) is 5.91 Å². The number of hydrogen-bond acceptors (Lipinski definition) is 8. The van der Waals surface area contributed by atoms with Gasteiger partial charge < -0.3 is 24.6 Å². The molecule has 0 spiro atoms. The van der Waals surface area contributed by atoms with Gasteiger partial charge in [0.1, 0.15) is 11.5 Å². The third-order valence-corrected chi connectivity index (χ3v) is 13.4. The number of carbonyl (C=O) groups excluding carboxylic acids is 4. The molecule has 9 rings (SSSR count). The van der Waals surface area contributed by atoms with Crippen molar-refractivity contribution in [2.45, 2.75) is 57.0 Å². The van der Waals surface area contributed by atoms with Crippen LogP contribution in [0.15, 0.2) is 67.0 Å². The second kappa shape index (κ2) is 18.2. The Morgan fingerprint density at radius 2 is 1.57 bits per heavy atom. The largest absolute Gasteiger partial charge is 0.369 e. The monoisotopic (exact) mass is 893 g/mol. The number of amides is 4. The van der Waals surface area contributed by atoms with Crippen molar-refractivity contribution in [1.29, 1.82) is 0 Å². The quantitative estimate of drug-likeness (QED) is 0.123. The summed E-state index contributed by atoms with van der Waals surface area (Å²) in [6, 6.07) is 12.9. The van der Waals surface area contributed by atoms with E-state index >= 15 is 17.6 Å². The number of rotatable bonds is 10. The maximum atomic E-state index is 16.6. The molecule has 0 radical (unpaired) electrons. The van der Waals surface area contributed by atoms with E-state index in [0.29, 0.717) is 82.0 Å². The molecule has 2 N–H and O–H groups in total. The van der Waals surface area contributed by atoms with E-state index in [-0.39, 0.29) is 76.2 Å². The van der Waals surface area contributed by atoms with Gasteiger partial charge in [-0.1, -0.05) is 12.1 Å². The number of fused-ring (bicyclic) bond motifs is 1. The molecule has 4 aliphatic heterocycles. The van der Waals surface area contributed by atoms with Crippen LogP contribution in [-0.4, -0.2) is 126 Å². The number of piperidine rings is 2. The van der Waals surface area contributed by atoms with Crippen molar-refractivity contribution >= 4 is 51.5 Å². The van der Waals surface area contributed by atoms with Gasteiger partial charge in [-0.3, -0.25) is 34.1 Å². The van der Waals surface area contributed by atoms with Gasteiger partial charge >= 0.3 is 0 Å². The zero-order valence-electron chi connectivity index (χ0n) is 36.4. The summed E-state index contributed by atoms with van der Waals surface area (Å²) in [6.07, 6.45) is 8.10. The van der Waals surface area contributed by atoms with Crippen LogP contribution in [0.3, 0.4) is 0 Å². The van der Waals surface area contributed by atoms with E-state index in [4.69, 9.17) is 0 Å². The fraction of sp³-hybridized carbons (Fsp3) is 0.396. The van der Waals surface area contributed by atoms with Crippen LogP contribution in [0.25, 0.3) is 27.6 Å². The minimum atomic E-state index is -1.09. The summed E-state index contributed by atoms with van der Waals surface area (Å²) in [5, 5.41) is 6.71. The predicted octanol–water partition coefficient (Wildman–Crippen LogP) is 6.31. The summed E-state index contributed by atoms with van der Waals surface area (Å²) >= 11 is 0. The fourth-order valence-electron chi connectivity index (χ4n) is 9.83. The molecule has 65 heavy (non-hydrogen) atoms. The van der Waals surface area contributed by atoms with E-state index in [1.165, 1.54) is 29.2 Å². The predicted molar refractivity (Wildman–Crippen MR) is 238 cm³/mol. The Labute approximate surface area is 373 Å². The first-order valence-electron chi connectivity index (χ1n) is 22.2. The summed E-state index contributed by atoms with van der Waals surface area (Å²) in [4.78, 5) is 62.4. The normalized spacial score (nSPS) is 18.9. The zero-order chi connectivity index (χ0) is 45.5. The van der Waals surface area contributed by atoms with Crippen LogP contribution in [0, 0.1) is 23.3 Å². The number of H-pyrrole nitrogens is 1. The van der Waals surface area contributed by atoms with Gasteiger partial charge in [0.2, 0.25) is 17.7 Å². The van der Waals surface area contributed by atoms with Crippen molar-refractivity contribution in [3.8, 4) is 11.1 Å². The minimum Gasteiger partial charge on any atom is -0.369 e. The summed E-state index contributed by atoms with van der Waals surface area (Å²) in [6.45, 7) is 4.37. The van der Waals surface area contributed by atoms with Crippen molar-refractivity contribution < 1.29 is 36.7 Å². The topological polar surface area (TPSA) is 130 Å². The van der Waals surface area contributed by atoms with Crippen LogP contribution in [0.1, 0.15) is 66.1 Å². The van der Waals surface area contributed by atoms with Crippen LogP contribution < -0.4 is 15.1 Å². The van der Waals surface area contributed by atoms with Crippen molar-refractivity contribution in [3.63, 3.8) is 0 Å². The summed E-state index contributed by atoms with van der Waals surface area (Å²) in [5.41, 5.74) is 1.98. The van der Waals surface area contributed by atoms with Crippen molar-refractivity contribution in [3.05, 3.63) is 107 Å². The molecule has 0 bridgehead atoms. The number of nitrogens with zero attached hydrogens (tertiary/aromatic N) is 7. The molecule has 17 heteroatoms. The lowest BCUT2D eigenvalue weighted by Gasteiger charge is -2.44. The molecular formula is C48H51F4N9O4. The Bertz CT molecular complexity index is 2680. The molecule has 1 atom stereocenters. The number of piperazine rings is 1. The Kier molecular flexibility index (Phi) is 12.2. The first-order valence-corrected chi connectivity index (χ1v) is 22.2. The van der Waals surface area contributed by atoms with Crippen molar-refractivity contribution in [1.82, 2.24) is 34.8 Å². The highest BCUT2D eigenvalue weighted by Gasteiger charge is 2.33. The van der Waals surface area contributed by atoms with E-state index in [9.17, 15) is 19.2 Å². The summed E-state index contributed by atoms with van der Waals surface area (Å²) in [7, 11) is 3.13. The second-order valence-electron chi connectivity index (χ2n) is 17.5. The number of hydrogen-bond donors (Lipinski definition) is 2. The van der Waals surface area contributed by atoms with Crippen LogP contribution in [0.4, 0.5) is 28.9 Å². The lowest BCUT2D eigenvalue weighted by atomic mass is 9.90. The Balaban J connectivity index is 0.892. The molecule has 3 fully saturated rings. The average Bonchev–Trinajstić information content (AvgIpc) is 4.01. The highest BCUT2D eigenvalue weighted by atomic mass is 19.2. The number of anilines is 2. The number of halogens is 4. The SMILES string of the molecule is CN(C)C(=O)c1cc2c(-c3ccc(N4CCN(C5CCN(c6ccc(C7CCC(=O)NC7=O)cc6F)CC5)CC4)c(F)c3F)cc(C3=CCCN(C(=O)CCn4cccn4)C3)c(F)c2[nH]1. The molecule has 3 aromatic carbocycles. The number of aryl methyl sites for hydroxylation is 1. The van der Waals surface area contributed by atoms with Gasteiger partial charge in [-0.15, -0.1) is 0 Å². The zero-order valence-corrected chi connectivity index (χ0v) is 36.4. The molecule has 1 unspecified atom stereocenters. The Morgan fingerprint density at radius 1 is 0.815 bits per heavy atom. The van der Waals surface area contributed by atoms with Gasteiger partial charge in [-0.2, -0.15) is 5.10 Å². The number of benzene rings is 3. The lowest BCUT2D eigenvalue weighted by molar-refractivity contribution is -0.134. The van der Waals surface area contributed by atoms with Crippen LogP contribution >= 0.6 is 0 Å². The Morgan fingerprint density at radius 3 is 2.28 bits per heavy atom. The van der Waals surface area contributed by atoms with E-state index in [1.807, 2.05) is 15.9 Å². The molecule has 340 valence electrons. The van der Waals surface area contributed by atoms with E-state index < -0.39 is 41.0 Å². The minimum absolute atomic E-state index is 0.0237. The number of aromatic nitrogens is 3. The van der Waals surface area contributed by atoms with Gasteiger partial charge in [-0.25, -0.2) is 17.6 Å². The van der Waals surface area contributed by atoms with Crippen molar-refractivity contribution in [2.24, 2.45) is 0 Å². The number of imide groups is 1. The van der Waals surface area contributed by atoms with E-state index in [1.54, 1.807) is 60.3 Å². The third-order valence-electron chi connectivity index (χ3n) is 13.4. The van der Waals surface area contributed by atoms with Gasteiger partial charge in [0, 0.05) is 121 Å². The molecule has 4 aliphatic rings. The third kappa shape index (κ3) is 8.73. The maximum Gasteiger partial charge on any atom is 0.269 e.